The molecule has 1 heterocycles. The number of hydrogen-bond acceptors (Lipinski definition) is 3. The SMILES string of the molecule is Nc1cc(=O)[nH]c(=S)[nH]1.O.O. The second-order valence-corrected chi connectivity index (χ2v) is 1.95. The smallest absolute Gasteiger partial charge is 0.253 e. The van der Waals surface area contributed by atoms with Gasteiger partial charge in [-0.3, -0.25) is 9.78 Å². The number of H-pyrrole nitrogens is 2. The van der Waals surface area contributed by atoms with Crippen LogP contribution in [0.1, 0.15) is 0 Å². The predicted octanol–water partition coefficient (Wildman–Crippen LogP) is -1.63. The molecular weight excluding hydrogens is 170 g/mol. The van der Waals surface area contributed by atoms with Crippen molar-refractivity contribution in [3.8, 4) is 0 Å². The van der Waals surface area contributed by atoms with Gasteiger partial charge in [0.05, 0.1) is 0 Å². The van der Waals surface area contributed by atoms with Gasteiger partial charge < -0.3 is 21.7 Å². The quantitative estimate of drug-likeness (QED) is 0.412. The average Bonchev–Trinajstić information content (AvgIpc) is 1.59. The molecule has 0 aliphatic rings. The number of hydrogen-bond donors (Lipinski definition) is 3. The van der Waals surface area contributed by atoms with Gasteiger partial charge in [-0.1, -0.05) is 0 Å². The minimum Gasteiger partial charge on any atom is -0.412 e. The first kappa shape index (κ1) is 12.5. The van der Waals surface area contributed by atoms with E-state index < -0.39 is 0 Å². The summed E-state index contributed by atoms with van der Waals surface area (Å²) in [7, 11) is 0. The molecule has 0 saturated heterocycles. The lowest BCUT2D eigenvalue weighted by Gasteiger charge is -1.87. The Hall–Kier alpha value is -1.18. The average molecular weight is 179 g/mol. The summed E-state index contributed by atoms with van der Waals surface area (Å²) in [4.78, 5) is 15.4. The molecule has 6 nitrogen and oxygen atoms in total. The molecule has 11 heavy (non-hydrogen) atoms. The van der Waals surface area contributed by atoms with Gasteiger partial charge in [-0.2, -0.15) is 0 Å². The molecule has 1 aromatic rings. The highest BCUT2D eigenvalue weighted by molar-refractivity contribution is 7.71. The first-order valence-electron chi connectivity index (χ1n) is 2.27. The number of aromatic amines is 2. The van der Waals surface area contributed by atoms with E-state index in [4.69, 9.17) is 5.73 Å². The molecule has 0 aliphatic heterocycles. The number of aromatic nitrogens is 2. The lowest BCUT2D eigenvalue weighted by atomic mass is 10.6. The van der Waals surface area contributed by atoms with Crippen molar-refractivity contribution in [1.29, 1.82) is 0 Å². The van der Waals surface area contributed by atoms with E-state index in [0.29, 0.717) is 0 Å². The van der Waals surface area contributed by atoms with Crippen molar-refractivity contribution in [1.82, 2.24) is 9.97 Å². The minimum atomic E-state index is -0.281. The molecular formula is C4H9N3O3S. The van der Waals surface area contributed by atoms with Crippen molar-refractivity contribution < 1.29 is 11.0 Å². The third-order valence-electron chi connectivity index (χ3n) is 0.781. The second-order valence-electron chi connectivity index (χ2n) is 1.54. The molecule has 0 bridgehead atoms. The number of anilines is 1. The molecule has 1 aromatic heterocycles. The van der Waals surface area contributed by atoms with E-state index in [1.54, 1.807) is 0 Å². The van der Waals surface area contributed by atoms with E-state index in [0.717, 1.165) is 0 Å². The van der Waals surface area contributed by atoms with E-state index in [9.17, 15) is 4.79 Å². The van der Waals surface area contributed by atoms with Crippen LogP contribution in [-0.4, -0.2) is 20.9 Å². The highest BCUT2D eigenvalue weighted by Crippen LogP contribution is 1.84. The Labute approximate surface area is 66.7 Å². The zero-order valence-electron chi connectivity index (χ0n) is 5.47. The van der Waals surface area contributed by atoms with Crippen LogP contribution in [0.25, 0.3) is 0 Å². The Balaban J connectivity index is 0. The first-order chi connectivity index (χ1) is 4.18. The highest BCUT2D eigenvalue weighted by atomic mass is 32.1. The van der Waals surface area contributed by atoms with Crippen molar-refractivity contribution in [3.05, 3.63) is 21.2 Å². The summed E-state index contributed by atoms with van der Waals surface area (Å²) in [6, 6.07) is 1.23. The van der Waals surface area contributed by atoms with E-state index in [2.05, 4.69) is 22.2 Å². The third kappa shape index (κ3) is 3.50. The van der Waals surface area contributed by atoms with Crippen molar-refractivity contribution in [2.45, 2.75) is 0 Å². The summed E-state index contributed by atoms with van der Waals surface area (Å²) < 4.78 is 0.250. The minimum absolute atomic E-state index is 0. The van der Waals surface area contributed by atoms with Crippen LogP contribution in [0.2, 0.25) is 0 Å². The Morgan fingerprint density at radius 3 is 2.27 bits per heavy atom. The molecule has 0 aliphatic carbocycles. The summed E-state index contributed by atoms with van der Waals surface area (Å²) >= 11 is 4.60. The maximum Gasteiger partial charge on any atom is 0.253 e. The highest BCUT2D eigenvalue weighted by Gasteiger charge is 1.84. The Kier molecular flexibility index (Phi) is 5.23. The second kappa shape index (κ2) is 4.61. The summed E-state index contributed by atoms with van der Waals surface area (Å²) in [5.74, 6) is 0.281. The van der Waals surface area contributed by atoms with Gasteiger partial charge in [0.1, 0.15) is 5.82 Å². The van der Waals surface area contributed by atoms with Crippen molar-refractivity contribution in [3.63, 3.8) is 0 Å². The molecule has 0 atom stereocenters. The van der Waals surface area contributed by atoms with Gasteiger partial charge >= 0.3 is 0 Å². The fourth-order valence-electron chi connectivity index (χ4n) is 0.488. The van der Waals surface area contributed by atoms with Crippen molar-refractivity contribution in [2.24, 2.45) is 0 Å². The van der Waals surface area contributed by atoms with Crippen molar-refractivity contribution >= 4 is 18.0 Å². The zero-order valence-corrected chi connectivity index (χ0v) is 6.29. The van der Waals surface area contributed by atoms with Gasteiger partial charge in [-0.15, -0.1) is 0 Å². The van der Waals surface area contributed by atoms with Gasteiger partial charge in [0.15, 0.2) is 4.77 Å². The topological polar surface area (TPSA) is 138 Å². The molecule has 0 saturated carbocycles. The van der Waals surface area contributed by atoms with E-state index >= 15 is 0 Å². The van der Waals surface area contributed by atoms with Gasteiger partial charge in [-0.25, -0.2) is 0 Å². The van der Waals surface area contributed by atoms with Crippen LogP contribution in [0, 0.1) is 4.77 Å². The fourth-order valence-corrected chi connectivity index (χ4v) is 0.706. The largest absolute Gasteiger partial charge is 0.412 e. The van der Waals surface area contributed by atoms with Crippen LogP contribution in [0.3, 0.4) is 0 Å². The molecule has 64 valence electrons. The standard InChI is InChI=1S/C4H5N3OS.2H2O/c5-2-1-3(8)7-4(9)6-2;;/h1H,(H4,5,6,7,8,9);2*1H2. The van der Waals surface area contributed by atoms with E-state index in [1.165, 1.54) is 6.07 Å². The summed E-state index contributed by atoms with van der Waals surface area (Å²) in [5, 5.41) is 0. The van der Waals surface area contributed by atoms with Gasteiger partial charge in [0.25, 0.3) is 5.56 Å². The Bertz CT molecular complexity index is 289. The van der Waals surface area contributed by atoms with Crippen LogP contribution in [0.15, 0.2) is 10.9 Å². The first-order valence-corrected chi connectivity index (χ1v) is 2.68. The zero-order chi connectivity index (χ0) is 6.85. The van der Waals surface area contributed by atoms with Crippen LogP contribution >= 0.6 is 12.2 Å². The molecule has 0 fully saturated rings. The summed E-state index contributed by atoms with van der Waals surface area (Å²) in [6.45, 7) is 0. The number of rotatable bonds is 0. The van der Waals surface area contributed by atoms with Gasteiger partial charge in [0.2, 0.25) is 0 Å². The molecule has 0 aromatic carbocycles. The van der Waals surface area contributed by atoms with Crippen LogP contribution in [0.5, 0.6) is 0 Å². The van der Waals surface area contributed by atoms with Crippen LogP contribution in [0.4, 0.5) is 5.82 Å². The molecule has 1 rings (SSSR count). The summed E-state index contributed by atoms with van der Waals surface area (Å²) in [6.07, 6.45) is 0. The normalized spacial score (nSPS) is 7.64. The molecule has 8 N–H and O–H groups in total. The lowest BCUT2D eigenvalue weighted by Crippen LogP contribution is -2.07. The molecule has 0 unspecified atom stereocenters. The molecule has 7 heteroatoms. The monoisotopic (exact) mass is 179 g/mol. The fraction of sp³-hybridized carbons (Fsp3) is 0. The van der Waals surface area contributed by atoms with Crippen LogP contribution in [-0.2, 0) is 0 Å². The van der Waals surface area contributed by atoms with E-state index in [1.807, 2.05) is 0 Å². The third-order valence-corrected chi connectivity index (χ3v) is 0.985. The van der Waals surface area contributed by atoms with E-state index in [-0.39, 0.29) is 27.1 Å². The number of nitrogens with one attached hydrogen (secondary N) is 2. The van der Waals surface area contributed by atoms with Crippen LogP contribution < -0.4 is 11.3 Å². The molecule has 0 amide bonds. The van der Waals surface area contributed by atoms with Gasteiger partial charge in [0, 0.05) is 6.07 Å². The Morgan fingerprint density at radius 1 is 1.36 bits per heavy atom. The summed E-state index contributed by atoms with van der Waals surface area (Å²) in [5.41, 5.74) is 4.94. The predicted molar refractivity (Wildman–Crippen MR) is 43.9 cm³/mol. The molecule has 0 spiro atoms. The number of nitrogens with two attached hydrogens (primary N) is 1. The van der Waals surface area contributed by atoms with Crippen molar-refractivity contribution in [2.75, 3.05) is 5.73 Å². The lowest BCUT2D eigenvalue weighted by molar-refractivity contribution is 0.823. The number of nitrogen functional groups attached to an aromatic ring is 1. The molecule has 0 radical (unpaired) electrons. The maximum atomic E-state index is 10.5. The Morgan fingerprint density at radius 2 is 1.91 bits per heavy atom. The maximum absolute atomic E-state index is 10.5. The van der Waals surface area contributed by atoms with Gasteiger partial charge in [-0.05, 0) is 12.2 Å².